The van der Waals surface area contributed by atoms with Crippen LogP contribution in [0.4, 0.5) is 0 Å². The number of carbonyl (C=O) groups is 3. The summed E-state index contributed by atoms with van der Waals surface area (Å²) >= 11 is 0. The van der Waals surface area contributed by atoms with Gasteiger partial charge in [0, 0.05) is 12.1 Å². The smallest absolute Gasteiger partial charge is 0.177 e. The first-order valence-electron chi connectivity index (χ1n) is 5.10. The van der Waals surface area contributed by atoms with Crippen molar-refractivity contribution in [3.8, 4) is 17.2 Å². The lowest BCUT2D eigenvalue weighted by atomic mass is 10.0. The molecule has 1 aromatic carbocycles. The van der Waals surface area contributed by atoms with E-state index in [9.17, 15) is 24.6 Å². The molecule has 0 heterocycles. The van der Waals surface area contributed by atoms with E-state index in [1.165, 1.54) is 6.92 Å². The van der Waals surface area contributed by atoms with Crippen LogP contribution in [0.1, 0.15) is 30.1 Å². The first-order chi connectivity index (χ1) is 8.31. The molecule has 0 bridgehead atoms. The van der Waals surface area contributed by atoms with Crippen molar-refractivity contribution in [3.05, 3.63) is 17.7 Å². The van der Waals surface area contributed by atoms with Gasteiger partial charge in [-0.2, -0.15) is 0 Å². The summed E-state index contributed by atoms with van der Waals surface area (Å²) in [7, 11) is 0. The largest absolute Gasteiger partial charge is 0.508 e. The topological polar surface area (TPSA) is 112 Å². The van der Waals surface area contributed by atoms with Crippen LogP contribution in [0.5, 0.6) is 17.2 Å². The van der Waals surface area contributed by atoms with E-state index >= 15 is 0 Å². The van der Waals surface area contributed by atoms with Crippen LogP contribution in [0, 0.1) is 0 Å². The summed E-state index contributed by atoms with van der Waals surface area (Å²) in [4.78, 5) is 33.6. The summed E-state index contributed by atoms with van der Waals surface area (Å²) in [6, 6.07) is 1.75. The third-order valence-electron chi connectivity index (χ3n) is 2.16. The van der Waals surface area contributed by atoms with Crippen LogP contribution in [0.15, 0.2) is 12.1 Å². The number of ketones is 3. The number of rotatable bonds is 5. The molecule has 0 fully saturated rings. The molecular weight excluding hydrogens is 240 g/mol. The van der Waals surface area contributed by atoms with Gasteiger partial charge in [-0.15, -0.1) is 0 Å². The Bertz CT molecular complexity index is 494. The van der Waals surface area contributed by atoms with Crippen LogP contribution in [0.25, 0.3) is 0 Å². The van der Waals surface area contributed by atoms with E-state index in [2.05, 4.69) is 0 Å². The van der Waals surface area contributed by atoms with E-state index in [0.717, 1.165) is 12.1 Å². The van der Waals surface area contributed by atoms with Crippen LogP contribution in [-0.4, -0.2) is 32.7 Å². The molecule has 0 aliphatic rings. The molecule has 0 saturated carbocycles. The molecule has 0 unspecified atom stereocenters. The highest BCUT2D eigenvalue weighted by Gasteiger charge is 2.20. The average Bonchev–Trinajstić information content (AvgIpc) is 2.12. The molecule has 96 valence electrons. The van der Waals surface area contributed by atoms with E-state index in [4.69, 9.17) is 5.11 Å². The van der Waals surface area contributed by atoms with Crippen LogP contribution >= 0.6 is 0 Å². The zero-order valence-corrected chi connectivity index (χ0v) is 9.64. The fraction of sp³-hybridized carbons (Fsp3) is 0.250. The Kier molecular flexibility index (Phi) is 4.04. The van der Waals surface area contributed by atoms with Crippen LogP contribution in [-0.2, 0) is 9.59 Å². The summed E-state index contributed by atoms with van der Waals surface area (Å²) in [5.74, 6) is -3.42. The number of phenolic OH excluding ortho intramolecular Hbond substituents is 3. The minimum Gasteiger partial charge on any atom is -0.508 e. The van der Waals surface area contributed by atoms with Crippen molar-refractivity contribution in [3.63, 3.8) is 0 Å². The average molecular weight is 252 g/mol. The maximum Gasteiger partial charge on any atom is 0.177 e. The molecule has 0 spiro atoms. The van der Waals surface area contributed by atoms with E-state index in [1.54, 1.807) is 0 Å². The SMILES string of the molecule is CC(=O)CC(=O)CC(=O)c1c(O)cc(O)cc1O. The number of Topliss-reactive ketones (excluding diaryl/α,β-unsaturated/α-hetero) is 3. The number of benzene rings is 1. The molecule has 0 radical (unpaired) electrons. The minimum absolute atomic E-state index is 0.369. The molecule has 0 saturated heterocycles. The Morgan fingerprint density at radius 2 is 1.50 bits per heavy atom. The van der Waals surface area contributed by atoms with Crippen LogP contribution in [0.3, 0.4) is 0 Å². The number of aromatic hydroxyl groups is 3. The number of carbonyl (C=O) groups excluding carboxylic acids is 3. The van der Waals surface area contributed by atoms with Crippen molar-refractivity contribution in [2.45, 2.75) is 19.8 Å². The third-order valence-corrected chi connectivity index (χ3v) is 2.16. The van der Waals surface area contributed by atoms with Gasteiger partial charge in [-0.3, -0.25) is 14.4 Å². The van der Waals surface area contributed by atoms with Crippen LogP contribution in [0.2, 0.25) is 0 Å². The van der Waals surface area contributed by atoms with Crippen LogP contribution < -0.4 is 0 Å². The summed E-state index contributed by atoms with van der Waals surface area (Å²) < 4.78 is 0. The lowest BCUT2D eigenvalue weighted by Crippen LogP contribution is -2.11. The highest BCUT2D eigenvalue weighted by molar-refractivity contribution is 6.14. The molecule has 6 heteroatoms. The van der Waals surface area contributed by atoms with Crippen molar-refractivity contribution in [2.24, 2.45) is 0 Å². The fourth-order valence-corrected chi connectivity index (χ4v) is 1.49. The summed E-state index contributed by atoms with van der Waals surface area (Å²) in [6.45, 7) is 1.22. The minimum atomic E-state index is -0.809. The molecule has 3 N–H and O–H groups in total. The van der Waals surface area contributed by atoms with Gasteiger partial charge in [-0.25, -0.2) is 0 Å². The Labute approximate surface area is 102 Å². The highest BCUT2D eigenvalue weighted by Crippen LogP contribution is 2.32. The Balaban J connectivity index is 2.92. The van der Waals surface area contributed by atoms with Gasteiger partial charge in [-0.1, -0.05) is 0 Å². The standard InChI is InChI=1S/C12H12O6/c1-6(13)2-7(14)3-9(16)12-10(17)4-8(15)5-11(12)18/h4-5,15,17-18H,2-3H2,1H3. The maximum absolute atomic E-state index is 11.7. The van der Waals surface area contributed by atoms with E-state index < -0.39 is 40.8 Å². The summed E-state index contributed by atoms with van der Waals surface area (Å²) in [6.07, 6.45) is -0.961. The molecule has 1 aromatic rings. The number of hydrogen-bond acceptors (Lipinski definition) is 6. The normalized spacial score (nSPS) is 10.1. The first-order valence-corrected chi connectivity index (χ1v) is 5.10. The summed E-state index contributed by atoms with van der Waals surface area (Å²) in [5, 5.41) is 27.9. The molecule has 18 heavy (non-hydrogen) atoms. The quantitative estimate of drug-likeness (QED) is 0.530. The fourth-order valence-electron chi connectivity index (χ4n) is 1.49. The molecule has 1 rings (SSSR count). The van der Waals surface area contributed by atoms with Gasteiger partial charge in [0.1, 0.15) is 34.4 Å². The Morgan fingerprint density at radius 3 is 1.94 bits per heavy atom. The maximum atomic E-state index is 11.7. The van der Waals surface area contributed by atoms with E-state index in [-0.39, 0.29) is 12.2 Å². The molecule has 0 atom stereocenters. The molecule has 0 aliphatic carbocycles. The van der Waals surface area contributed by atoms with Crippen molar-refractivity contribution in [1.29, 1.82) is 0 Å². The number of phenols is 3. The molecule has 0 aliphatic heterocycles. The zero-order valence-electron chi connectivity index (χ0n) is 9.64. The monoisotopic (exact) mass is 252 g/mol. The Hall–Kier alpha value is -2.37. The second-order valence-electron chi connectivity index (χ2n) is 3.88. The lowest BCUT2D eigenvalue weighted by molar-refractivity contribution is -0.125. The number of hydrogen-bond donors (Lipinski definition) is 3. The zero-order chi connectivity index (χ0) is 13.9. The predicted octanol–water partition coefficient (Wildman–Crippen LogP) is 0.924. The van der Waals surface area contributed by atoms with Crippen molar-refractivity contribution >= 4 is 17.3 Å². The van der Waals surface area contributed by atoms with Gasteiger partial charge >= 0.3 is 0 Å². The van der Waals surface area contributed by atoms with E-state index in [1.807, 2.05) is 0 Å². The highest BCUT2D eigenvalue weighted by atomic mass is 16.3. The van der Waals surface area contributed by atoms with E-state index in [0.29, 0.717) is 0 Å². The molecular formula is C12H12O6. The molecule has 0 aromatic heterocycles. The van der Waals surface area contributed by atoms with Gasteiger partial charge in [0.25, 0.3) is 0 Å². The van der Waals surface area contributed by atoms with Gasteiger partial charge < -0.3 is 15.3 Å². The van der Waals surface area contributed by atoms with Gasteiger partial charge in [-0.05, 0) is 6.92 Å². The second kappa shape index (κ2) is 5.31. The van der Waals surface area contributed by atoms with Crippen molar-refractivity contribution in [2.75, 3.05) is 0 Å². The third kappa shape index (κ3) is 3.31. The van der Waals surface area contributed by atoms with Gasteiger partial charge in [0.2, 0.25) is 0 Å². The van der Waals surface area contributed by atoms with Gasteiger partial charge in [0.15, 0.2) is 5.78 Å². The molecule has 0 amide bonds. The second-order valence-corrected chi connectivity index (χ2v) is 3.88. The molecule has 6 nitrogen and oxygen atoms in total. The predicted molar refractivity (Wildman–Crippen MR) is 60.7 cm³/mol. The first kappa shape index (κ1) is 13.7. The van der Waals surface area contributed by atoms with Gasteiger partial charge in [0.05, 0.1) is 12.8 Å². The van der Waals surface area contributed by atoms with Crippen molar-refractivity contribution in [1.82, 2.24) is 0 Å². The Morgan fingerprint density at radius 1 is 1.00 bits per heavy atom. The van der Waals surface area contributed by atoms with Crippen molar-refractivity contribution < 1.29 is 29.7 Å². The lowest BCUT2D eigenvalue weighted by Gasteiger charge is -2.06. The summed E-state index contributed by atoms with van der Waals surface area (Å²) in [5.41, 5.74) is -0.440.